The van der Waals surface area contributed by atoms with E-state index in [0.29, 0.717) is 19.6 Å². The number of nitrogens with zero attached hydrogens (tertiary/aromatic N) is 1. The third-order valence-corrected chi connectivity index (χ3v) is 3.10. The third kappa shape index (κ3) is 3.70. The molecule has 1 fully saturated rings. The maximum Gasteiger partial charge on any atom is 0.410 e. The van der Waals surface area contributed by atoms with E-state index in [1.54, 1.807) is 11.0 Å². The number of halogens is 1. The normalized spacial score (nSPS) is 19.8. The van der Waals surface area contributed by atoms with Gasteiger partial charge in [0.1, 0.15) is 11.4 Å². The molecular formula is C15H21FN2O2. The fourth-order valence-corrected chi connectivity index (χ4v) is 2.26. The average molecular weight is 280 g/mol. The van der Waals surface area contributed by atoms with E-state index in [1.165, 1.54) is 12.1 Å². The van der Waals surface area contributed by atoms with Crippen molar-refractivity contribution in [3.05, 3.63) is 35.6 Å². The van der Waals surface area contributed by atoms with Gasteiger partial charge in [0.25, 0.3) is 0 Å². The van der Waals surface area contributed by atoms with Crippen LogP contribution >= 0.6 is 0 Å². The highest BCUT2D eigenvalue weighted by molar-refractivity contribution is 5.69. The quantitative estimate of drug-likeness (QED) is 0.860. The summed E-state index contributed by atoms with van der Waals surface area (Å²) < 4.78 is 18.8. The number of nitrogens with one attached hydrogen (secondary N) is 1. The van der Waals surface area contributed by atoms with E-state index in [4.69, 9.17) is 4.74 Å². The molecule has 110 valence electrons. The molecule has 1 aliphatic heterocycles. The summed E-state index contributed by atoms with van der Waals surface area (Å²) in [5.41, 5.74) is 0.247. The van der Waals surface area contributed by atoms with Crippen molar-refractivity contribution in [1.29, 1.82) is 0 Å². The maximum atomic E-state index is 13.4. The van der Waals surface area contributed by atoms with E-state index >= 15 is 0 Å². The molecule has 0 radical (unpaired) electrons. The van der Waals surface area contributed by atoms with E-state index in [2.05, 4.69) is 5.32 Å². The standard InChI is InChI=1S/C15H21FN2O2/c1-15(2,3)20-14(19)18-8-7-17-10-13(18)11-5-4-6-12(16)9-11/h4-6,9,13,17H,7-8,10H2,1-3H3. The Morgan fingerprint density at radius 3 is 2.85 bits per heavy atom. The number of carbonyl (C=O) groups is 1. The van der Waals surface area contributed by atoms with Gasteiger partial charge >= 0.3 is 6.09 Å². The minimum absolute atomic E-state index is 0.200. The van der Waals surface area contributed by atoms with Crippen LogP contribution in [0, 0.1) is 5.82 Å². The van der Waals surface area contributed by atoms with Crippen LogP contribution in [0.15, 0.2) is 24.3 Å². The molecule has 1 N–H and O–H groups in total. The number of hydrogen-bond donors (Lipinski definition) is 1. The number of piperazine rings is 1. The first kappa shape index (κ1) is 14.8. The molecule has 0 spiro atoms. The molecule has 1 heterocycles. The summed E-state index contributed by atoms with van der Waals surface area (Å²) in [6.07, 6.45) is -0.353. The van der Waals surface area contributed by atoms with Crippen LogP contribution in [-0.2, 0) is 4.74 Å². The van der Waals surface area contributed by atoms with Gasteiger partial charge in [0.15, 0.2) is 0 Å². The van der Waals surface area contributed by atoms with Crippen LogP contribution in [0.4, 0.5) is 9.18 Å². The fraction of sp³-hybridized carbons (Fsp3) is 0.533. The van der Waals surface area contributed by atoms with E-state index < -0.39 is 5.60 Å². The Morgan fingerprint density at radius 1 is 1.45 bits per heavy atom. The number of carbonyl (C=O) groups excluding carboxylic acids is 1. The summed E-state index contributed by atoms with van der Waals surface area (Å²) in [6, 6.07) is 6.16. The lowest BCUT2D eigenvalue weighted by molar-refractivity contribution is 0.0117. The van der Waals surface area contributed by atoms with Crippen molar-refractivity contribution in [2.75, 3.05) is 19.6 Å². The zero-order chi connectivity index (χ0) is 14.8. The van der Waals surface area contributed by atoms with Gasteiger partial charge in [-0.1, -0.05) is 12.1 Å². The highest BCUT2D eigenvalue weighted by Gasteiger charge is 2.31. The summed E-state index contributed by atoms with van der Waals surface area (Å²) in [5.74, 6) is -0.294. The van der Waals surface area contributed by atoms with Crippen LogP contribution in [0.5, 0.6) is 0 Å². The summed E-state index contributed by atoms with van der Waals surface area (Å²) in [5, 5.41) is 3.23. The SMILES string of the molecule is CC(C)(C)OC(=O)N1CCNCC1c1cccc(F)c1. The van der Waals surface area contributed by atoms with E-state index in [-0.39, 0.29) is 18.0 Å². The molecule has 0 aromatic heterocycles. The van der Waals surface area contributed by atoms with Crippen molar-refractivity contribution in [2.24, 2.45) is 0 Å². The van der Waals surface area contributed by atoms with Gasteiger partial charge in [-0.05, 0) is 38.5 Å². The fourth-order valence-electron chi connectivity index (χ4n) is 2.26. The van der Waals surface area contributed by atoms with Gasteiger partial charge in [-0.15, -0.1) is 0 Å². The molecule has 0 bridgehead atoms. The van der Waals surface area contributed by atoms with Gasteiger partial charge in [-0.25, -0.2) is 9.18 Å². The Hall–Kier alpha value is -1.62. The summed E-state index contributed by atoms with van der Waals surface area (Å²) in [6.45, 7) is 7.38. The van der Waals surface area contributed by atoms with Crippen molar-refractivity contribution in [3.8, 4) is 0 Å². The topological polar surface area (TPSA) is 41.6 Å². The second-order valence-electron chi connectivity index (χ2n) is 5.95. The van der Waals surface area contributed by atoms with Gasteiger partial charge in [0.2, 0.25) is 0 Å². The average Bonchev–Trinajstić information content (AvgIpc) is 2.37. The van der Waals surface area contributed by atoms with Crippen LogP contribution in [0.3, 0.4) is 0 Å². The lowest BCUT2D eigenvalue weighted by Crippen LogP contribution is -2.50. The highest BCUT2D eigenvalue weighted by atomic mass is 19.1. The molecule has 0 saturated carbocycles. The molecular weight excluding hydrogens is 259 g/mol. The third-order valence-electron chi connectivity index (χ3n) is 3.10. The highest BCUT2D eigenvalue weighted by Crippen LogP contribution is 2.24. The van der Waals surface area contributed by atoms with Crippen molar-refractivity contribution >= 4 is 6.09 Å². The first-order chi connectivity index (χ1) is 9.37. The minimum Gasteiger partial charge on any atom is -0.444 e. The lowest BCUT2D eigenvalue weighted by atomic mass is 10.0. The summed E-state index contributed by atoms with van der Waals surface area (Å²) >= 11 is 0. The van der Waals surface area contributed by atoms with Crippen molar-refractivity contribution in [2.45, 2.75) is 32.4 Å². The molecule has 20 heavy (non-hydrogen) atoms. The van der Waals surface area contributed by atoms with Crippen LogP contribution < -0.4 is 5.32 Å². The van der Waals surface area contributed by atoms with Crippen LogP contribution in [0.1, 0.15) is 32.4 Å². The molecule has 1 aliphatic rings. The second-order valence-corrected chi connectivity index (χ2v) is 5.95. The van der Waals surface area contributed by atoms with Gasteiger partial charge in [-0.2, -0.15) is 0 Å². The Morgan fingerprint density at radius 2 is 2.20 bits per heavy atom. The number of ether oxygens (including phenoxy) is 1. The van der Waals surface area contributed by atoms with Crippen molar-refractivity contribution in [1.82, 2.24) is 10.2 Å². The summed E-state index contributed by atoms with van der Waals surface area (Å²) in [7, 11) is 0. The van der Waals surface area contributed by atoms with Crippen LogP contribution in [-0.4, -0.2) is 36.2 Å². The molecule has 1 saturated heterocycles. The number of benzene rings is 1. The Kier molecular flexibility index (Phi) is 4.28. The van der Waals surface area contributed by atoms with Gasteiger partial charge in [0.05, 0.1) is 6.04 Å². The number of rotatable bonds is 1. The van der Waals surface area contributed by atoms with Crippen LogP contribution in [0.25, 0.3) is 0 Å². The van der Waals surface area contributed by atoms with E-state index in [9.17, 15) is 9.18 Å². The van der Waals surface area contributed by atoms with Crippen LogP contribution in [0.2, 0.25) is 0 Å². The lowest BCUT2D eigenvalue weighted by Gasteiger charge is -2.37. The molecule has 2 rings (SSSR count). The Labute approximate surface area is 118 Å². The summed E-state index contributed by atoms with van der Waals surface area (Å²) in [4.78, 5) is 13.9. The van der Waals surface area contributed by atoms with E-state index in [1.807, 2.05) is 26.8 Å². The zero-order valence-electron chi connectivity index (χ0n) is 12.1. The Bertz CT molecular complexity index is 485. The largest absolute Gasteiger partial charge is 0.444 e. The zero-order valence-corrected chi connectivity index (χ0v) is 12.1. The molecule has 1 aromatic carbocycles. The van der Waals surface area contributed by atoms with E-state index in [0.717, 1.165) is 5.56 Å². The molecule has 1 atom stereocenters. The number of amides is 1. The smallest absolute Gasteiger partial charge is 0.410 e. The predicted octanol–water partition coefficient (Wildman–Crippen LogP) is 2.71. The van der Waals surface area contributed by atoms with Crippen molar-refractivity contribution in [3.63, 3.8) is 0 Å². The van der Waals surface area contributed by atoms with Gasteiger partial charge < -0.3 is 10.1 Å². The maximum absolute atomic E-state index is 13.4. The van der Waals surface area contributed by atoms with Crippen molar-refractivity contribution < 1.29 is 13.9 Å². The minimum atomic E-state index is -0.533. The molecule has 1 aromatic rings. The van der Waals surface area contributed by atoms with Gasteiger partial charge in [-0.3, -0.25) is 4.90 Å². The number of hydrogen-bond acceptors (Lipinski definition) is 3. The monoisotopic (exact) mass is 280 g/mol. The molecule has 4 nitrogen and oxygen atoms in total. The Balaban J connectivity index is 2.19. The first-order valence-corrected chi connectivity index (χ1v) is 6.82. The van der Waals surface area contributed by atoms with Gasteiger partial charge in [0, 0.05) is 19.6 Å². The molecule has 1 amide bonds. The molecule has 0 aliphatic carbocycles. The molecule has 5 heteroatoms. The predicted molar refractivity (Wildman–Crippen MR) is 75.0 cm³/mol. The first-order valence-electron chi connectivity index (χ1n) is 6.82. The molecule has 1 unspecified atom stereocenters. The second kappa shape index (κ2) is 5.79.